The van der Waals surface area contributed by atoms with Gasteiger partial charge < -0.3 is 4.74 Å². The Morgan fingerprint density at radius 3 is 2.22 bits per heavy atom. The Bertz CT molecular complexity index is 513. The van der Waals surface area contributed by atoms with Crippen molar-refractivity contribution in [3.05, 3.63) is 35.6 Å². The molecule has 0 amide bonds. The van der Waals surface area contributed by atoms with Crippen molar-refractivity contribution in [3.8, 4) is 12.1 Å². The molecule has 0 saturated carbocycles. The zero-order valence-corrected chi connectivity index (χ0v) is 9.98. The van der Waals surface area contributed by atoms with Crippen LogP contribution in [-0.2, 0) is 14.9 Å². The highest BCUT2D eigenvalue weighted by molar-refractivity contribution is 5.84. The second-order valence-corrected chi connectivity index (χ2v) is 3.89. The van der Waals surface area contributed by atoms with Gasteiger partial charge in [0.05, 0.1) is 19.2 Å². The SMILES string of the molecule is COC(=O)C(C)(c1ccc(F)cc1)C(C#N)C#N. The van der Waals surface area contributed by atoms with E-state index in [-0.39, 0.29) is 0 Å². The minimum Gasteiger partial charge on any atom is -0.468 e. The van der Waals surface area contributed by atoms with Crippen molar-refractivity contribution < 1.29 is 13.9 Å². The molecule has 0 bridgehead atoms. The Morgan fingerprint density at radius 2 is 1.83 bits per heavy atom. The van der Waals surface area contributed by atoms with Crippen molar-refractivity contribution in [1.82, 2.24) is 0 Å². The van der Waals surface area contributed by atoms with Crippen molar-refractivity contribution in [2.45, 2.75) is 12.3 Å². The first-order chi connectivity index (χ1) is 8.50. The van der Waals surface area contributed by atoms with Crippen LogP contribution in [-0.4, -0.2) is 13.1 Å². The van der Waals surface area contributed by atoms with Crippen molar-refractivity contribution in [2.24, 2.45) is 5.92 Å². The van der Waals surface area contributed by atoms with E-state index in [9.17, 15) is 9.18 Å². The van der Waals surface area contributed by atoms with Gasteiger partial charge in [-0.05, 0) is 24.6 Å². The first-order valence-corrected chi connectivity index (χ1v) is 5.14. The number of halogens is 1. The molecule has 1 atom stereocenters. The molecule has 0 aliphatic carbocycles. The molecule has 1 aromatic rings. The van der Waals surface area contributed by atoms with Gasteiger partial charge in [0, 0.05) is 0 Å². The Balaban J connectivity index is 3.39. The van der Waals surface area contributed by atoms with Gasteiger partial charge in [-0.1, -0.05) is 12.1 Å². The molecule has 0 aromatic heterocycles. The normalized spacial score (nSPS) is 13.2. The van der Waals surface area contributed by atoms with Crippen LogP contribution in [0.3, 0.4) is 0 Å². The van der Waals surface area contributed by atoms with Crippen LogP contribution >= 0.6 is 0 Å². The first kappa shape index (κ1) is 13.7. The van der Waals surface area contributed by atoms with Crippen molar-refractivity contribution in [3.63, 3.8) is 0 Å². The lowest BCUT2D eigenvalue weighted by Crippen LogP contribution is -2.40. The summed E-state index contributed by atoms with van der Waals surface area (Å²) in [5, 5.41) is 17.9. The van der Waals surface area contributed by atoms with Crippen molar-refractivity contribution >= 4 is 5.97 Å². The number of nitriles is 2. The van der Waals surface area contributed by atoms with E-state index >= 15 is 0 Å². The van der Waals surface area contributed by atoms with Gasteiger partial charge >= 0.3 is 5.97 Å². The Hall–Kier alpha value is -2.40. The summed E-state index contributed by atoms with van der Waals surface area (Å²) in [6.07, 6.45) is 0. The Labute approximate surface area is 104 Å². The maximum absolute atomic E-state index is 12.9. The molecule has 1 aromatic carbocycles. The van der Waals surface area contributed by atoms with E-state index in [0.717, 1.165) is 0 Å². The van der Waals surface area contributed by atoms with E-state index in [0.29, 0.717) is 5.56 Å². The number of hydrogen-bond donors (Lipinski definition) is 0. The summed E-state index contributed by atoms with van der Waals surface area (Å²) >= 11 is 0. The molecule has 18 heavy (non-hydrogen) atoms. The zero-order valence-electron chi connectivity index (χ0n) is 9.98. The fourth-order valence-corrected chi connectivity index (χ4v) is 1.70. The lowest BCUT2D eigenvalue weighted by molar-refractivity contribution is -0.147. The standard InChI is InChI=1S/C13H11FN2O2/c1-13(12(17)18-2,10(7-15)8-16)9-3-5-11(14)6-4-9/h3-6,10H,1-2H3. The van der Waals surface area contributed by atoms with Crippen molar-refractivity contribution in [1.29, 1.82) is 10.5 Å². The van der Waals surface area contributed by atoms with E-state index in [1.165, 1.54) is 38.3 Å². The van der Waals surface area contributed by atoms with Gasteiger partial charge in [0.25, 0.3) is 0 Å². The zero-order chi connectivity index (χ0) is 13.8. The maximum atomic E-state index is 12.9. The molecule has 0 spiro atoms. The van der Waals surface area contributed by atoms with Gasteiger partial charge in [0.1, 0.15) is 11.2 Å². The van der Waals surface area contributed by atoms with Crippen LogP contribution in [0.4, 0.5) is 4.39 Å². The van der Waals surface area contributed by atoms with Crippen LogP contribution in [0, 0.1) is 34.4 Å². The van der Waals surface area contributed by atoms with Gasteiger partial charge in [-0.15, -0.1) is 0 Å². The van der Waals surface area contributed by atoms with Gasteiger partial charge in [-0.3, -0.25) is 4.79 Å². The largest absolute Gasteiger partial charge is 0.468 e. The molecule has 0 aliphatic rings. The van der Waals surface area contributed by atoms with Gasteiger partial charge in [0.2, 0.25) is 0 Å². The molecule has 0 saturated heterocycles. The third-order valence-electron chi connectivity index (χ3n) is 2.89. The second-order valence-electron chi connectivity index (χ2n) is 3.89. The highest BCUT2D eigenvalue weighted by Crippen LogP contribution is 2.33. The molecule has 1 rings (SSSR count). The monoisotopic (exact) mass is 246 g/mol. The van der Waals surface area contributed by atoms with E-state index in [2.05, 4.69) is 4.74 Å². The van der Waals surface area contributed by atoms with Gasteiger partial charge in [-0.2, -0.15) is 10.5 Å². The smallest absolute Gasteiger partial charge is 0.318 e. The van der Waals surface area contributed by atoms with Crippen LogP contribution in [0.5, 0.6) is 0 Å². The molecule has 0 heterocycles. The summed E-state index contributed by atoms with van der Waals surface area (Å²) in [6, 6.07) is 8.61. The Kier molecular flexibility index (Phi) is 4.01. The molecule has 0 fully saturated rings. The summed E-state index contributed by atoms with van der Waals surface area (Å²) in [6.45, 7) is 1.43. The topological polar surface area (TPSA) is 73.9 Å². The predicted octanol–water partition coefficient (Wildman–Crippen LogP) is 1.92. The van der Waals surface area contributed by atoms with Crippen LogP contribution < -0.4 is 0 Å². The number of nitrogens with zero attached hydrogens (tertiary/aromatic N) is 2. The highest BCUT2D eigenvalue weighted by atomic mass is 19.1. The first-order valence-electron chi connectivity index (χ1n) is 5.14. The Morgan fingerprint density at radius 1 is 1.33 bits per heavy atom. The third-order valence-corrected chi connectivity index (χ3v) is 2.89. The van der Waals surface area contributed by atoms with E-state index in [4.69, 9.17) is 10.5 Å². The summed E-state index contributed by atoms with van der Waals surface area (Å²) < 4.78 is 17.5. The number of esters is 1. The average molecular weight is 246 g/mol. The summed E-state index contributed by atoms with van der Waals surface area (Å²) in [5.74, 6) is -2.38. The van der Waals surface area contributed by atoms with E-state index < -0.39 is 23.1 Å². The summed E-state index contributed by atoms with van der Waals surface area (Å²) in [7, 11) is 1.18. The quantitative estimate of drug-likeness (QED) is 0.763. The van der Waals surface area contributed by atoms with Crippen LogP contribution in [0.25, 0.3) is 0 Å². The van der Waals surface area contributed by atoms with E-state index in [1.807, 2.05) is 0 Å². The van der Waals surface area contributed by atoms with Crippen LogP contribution in [0.1, 0.15) is 12.5 Å². The third kappa shape index (κ3) is 2.16. The number of hydrogen-bond acceptors (Lipinski definition) is 4. The molecule has 4 nitrogen and oxygen atoms in total. The number of rotatable bonds is 3. The fourth-order valence-electron chi connectivity index (χ4n) is 1.70. The lowest BCUT2D eigenvalue weighted by atomic mass is 9.73. The summed E-state index contributed by atoms with van der Waals surface area (Å²) in [4.78, 5) is 11.9. The fraction of sp³-hybridized carbons (Fsp3) is 0.308. The molecule has 0 N–H and O–H groups in total. The number of carbonyl (C=O) groups is 1. The van der Waals surface area contributed by atoms with Gasteiger partial charge in [-0.25, -0.2) is 4.39 Å². The second kappa shape index (κ2) is 5.29. The van der Waals surface area contributed by atoms with Crippen LogP contribution in [0.2, 0.25) is 0 Å². The maximum Gasteiger partial charge on any atom is 0.318 e. The van der Waals surface area contributed by atoms with Gasteiger partial charge in [0.15, 0.2) is 5.92 Å². The van der Waals surface area contributed by atoms with Crippen molar-refractivity contribution in [2.75, 3.05) is 7.11 Å². The molecule has 0 radical (unpaired) electrons. The summed E-state index contributed by atoms with van der Waals surface area (Å²) in [5.41, 5.74) is -1.07. The molecule has 92 valence electrons. The molecule has 5 heteroatoms. The molecular formula is C13H11FN2O2. The molecule has 0 aliphatic heterocycles. The number of ether oxygens (including phenoxy) is 1. The minimum absolute atomic E-state index is 0.365. The molecular weight excluding hydrogens is 235 g/mol. The number of methoxy groups -OCH3 is 1. The van der Waals surface area contributed by atoms with E-state index in [1.54, 1.807) is 12.1 Å². The highest BCUT2D eigenvalue weighted by Gasteiger charge is 2.45. The predicted molar refractivity (Wildman–Crippen MR) is 60.5 cm³/mol. The minimum atomic E-state index is -1.44. The lowest BCUT2D eigenvalue weighted by Gasteiger charge is -2.27. The average Bonchev–Trinajstić information content (AvgIpc) is 2.39. The molecule has 1 unspecified atom stereocenters. The number of benzene rings is 1. The number of carbonyl (C=O) groups excluding carboxylic acids is 1. The van der Waals surface area contributed by atoms with Crippen LogP contribution in [0.15, 0.2) is 24.3 Å².